The second-order valence-electron chi connectivity index (χ2n) is 8.79. The molecule has 0 spiro atoms. The van der Waals surface area contributed by atoms with Gasteiger partial charge < -0.3 is 29.7 Å². The number of rotatable bonds is 15. The molecule has 0 saturated heterocycles. The molecule has 1 saturated carbocycles. The molecule has 0 atom stereocenters. The Hall–Kier alpha value is -1.10. The van der Waals surface area contributed by atoms with E-state index in [4.69, 9.17) is 19.2 Å². The average Bonchev–Trinajstić information content (AvgIpc) is 3.27. The molecule has 0 heterocycles. The minimum absolute atomic E-state index is 0. The molecule has 0 aromatic heterocycles. The third kappa shape index (κ3) is 11.7. The first kappa shape index (κ1) is 29.9. The molecule has 0 amide bonds. The highest BCUT2D eigenvalue weighted by molar-refractivity contribution is 14.0. The molecule has 1 aromatic carbocycles. The third-order valence-corrected chi connectivity index (χ3v) is 6.21. The summed E-state index contributed by atoms with van der Waals surface area (Å²) in [6.07, 6.45) is 6.27. The highest BCUT2D eigenvalue weighted by atomic mass is 127. The van der Waals surface area contributed by atoms with Crippen molar-refractivity contribution in [3.05, 3.63) is 29.8 Å². The van der Waals surface area contributed by atoms with Crippen molar-refractivity contribution in [2.45, 2.75) is 45.6 Å². The lowest BCUT2D eigenvalue weighted by atomic mass is 9.83. The van der Waals surface area contributed by atoms with Crippen LogP contribution in [0.25, 0.3) is 0 Å². The van der Waals surface area contributed by atoms with Crippen LogP contribution in [0.4, 0.5) is 0 Å². The quantitative estimate of drug-likeness (QED) is 0.188. The van der Waals surface area contributed by atoms with Crippen molar-refractivity contribution in [2.24, 2.45) is 10.4 Å². The molecule has 0 bridgehead atoms. The molecule has 8 heteroatoms. The number of nitrogens with one attached hydrogen (secondary N) is 2. The number of methoxy groups -OCH3 is 2. The lowest BCUT2D eigenvalue weighted by Gasteiger charge is -2.30. The van der Waals surface area contributed by atoms with Crippen molar-refractivity contribution < 1.29 is 14.2 Å². The molecule has 190 valence electrons. The van der Waals surface area contributed by atoms with Crippen LogP contribution >= 0.6 is 24.0 Å². The number of nitrogens with zero attached hydrogens (tertiary/aromatic N) is 2. The average molecular weight is 577 g/mol. The normalized spacial score (nSPS) is 15.4. The molecule has 2 rings (SSSR count). The summed E-state index contributed by atoms with van der Waals surface area (Å²) in [5.41, 5.74) is 1.47. The Morgan fingerprint density at radius 3 is 2.48 bits per heavy atom. The first-order chi connectivity index (χ1) is 15.6. The van der Waals surface area contributed by atoms with Crippen molar-refractivity contribution >= 4 is 29.9 Å². The summed E-state index contributed by atoms with van der Waals surface area (Å²) >= 11 is 0. The van der Waals surface area contributed by atoms with Crippen LogP contribution in [0.3, 0.4) is 0 Å². The number of aliphatic imine (C=N–C) groups is 1. The van der Waals surface area contributed by atoms with Gasteiger partial charge in [-0.25, -0.2) is 4.99 Å². The summed E-state index contributed by atoms with van der Waals surface area (Å²) in [4.78, 5) is 7.03. The van der Waals surface area contributed by atoms with Gasteiger partial charge in [-0.05, 0) is 56.3 Å². The number of likely N-dealkylation sites (N-methyl/N-ethyl adjacent to an activating group) is 1. The van der Waals surface area contributed by atoms with E-state index in [0.717, 1.165) is 63.1 Å². The zero-order valence-electron chi connectivity index (χ0n) is 21.0. The van der Waals surface area contributed by atoms with Crippen molar-refractivity contribution in [1.29, 1.82) is 0 Å². The molecule has 0 radical (unpaired) electrons. The van der Waals surface area contributed by atoms with Gasteiger partial charge in [-0.2, -0.15) is 0 Å². The second-order valence-corrected chi connectivity index (χ2v) is 8.79. The van der Waals surface area contributed by atoms with Crippen molar-refractivity contribution in [3.8, 4) is 5.75 Å². The van der Waals surface area contributed by atoms with E-state index in [9.17, 15) is 0 Å². The maximum Gasteiger partial charge on any atom is 0.191 e. The highest BCUT2D eigenvalue weighted by Crippen LogP contribution is 2.40. The van der Waals surface area contributed by atoms with Crippen LogP contribution in [-0.4, -0.2) is 78.1 Å². The number of guanidine groups is 1. The zero-order chi connectivity index (χ0) is 23.1. The van der Waals surface area contributed by atoms with Crippen LogP contribution in [0.5, 0.6) is 5.75 Å². The van der Waals surface area contributed by atoms with Crippen LogP contribution in [0.1, 0.15) is 44.6 Å². The number of benzene rings is 1. The Kier molecular flexibility index (Phi) is 15.7. The van der Waals surface area contributed by atoms with Gasteiger partial charge in [0.2, 0.25) is 0 Å². The Morgan fingerprint density at radius 2 is 1.79 bits per heavy atom. The van der Waals surface area contributed by atoms with E-state index in [1.165, 1.54) is 25.7 Å². The lowest BCUT2D eigenvalue weighted by Crippen LogP contribution is -2.43. The molecular weight excluding hydrogens is 531 g/mol. The second kappa shape index (κ2) is 17.4. The first-order valence-electron chi connectivity index (χ1n) is 12.0. The van der Waals surface area contributed by atoms with E-state index >= 15 is 0 Å². The van der Waals surface area contributed by atoms with Gasteiger partial charge in [-0.15, -0.1) is 24.0 Å². The Balaban J connectivity index is 0.00000544. The number of halogens is 1. The van der Waals surface area contributed by atoms with E-state index < -0.39 is 0 Å². The molecular formula is C25H45IN4O3. The predicted molar refractivity (Wildman–Crippen MR) is 147 cm³/mol. The van der Waals surface area contributed by atoms with E-state index in [2.05, 4.69) is 41.6 Å². The molecule has 33 heavy (non-hydrogen) atoms. The Morgan fingerprint density at radius 1 is 1.06 bits per heavy atom. The summed E-state index contributed by atoms with van der Waals surface area (Å²) in [5.74, 6) is 1.77. The molecule has 1 aliphatic carbocycles. The fraction of sp³-hybridized carbons (Fsp3) is 0.720. The summed E-state index contributed by atoms with van der Waals surface area (Å²) in [6.45, 7) is 8.49. The summed E-state index contributed by atoms with van der Waals surface area (Å²) in [5, 5.41) is 6.99. The molecule has 0 aliphatic heterocycles. The summed E-state index contributed by atoms with van der Waals surface area (Å²) in [6, 6.07) is 8.22. The molecule has 1 aromatic rings. The molecule has 7 nitrogen and oxygen atoms in total. The molecule has 0 unspecified atom stereocenters. The molecule has 1 aliphatic rings. The zero-order valence-corrected chi connectivity index (χ0v) is 23.4. The minimum atomic E-state index is 0. The van der Waals surface area contributed by atoms with E-state index in [0.29, 0.717) is 18.6 Å². The fourth-order valence-electron chi connectivity index (χ4n) is 4.15. The van der Waals surface area contributed by atoms with Gasteiger partial charge in [-0.1, -0.05) is 25.0 Å². The summed E-state index contributed by atoms with van der Waals surface area (Å²) < 4.78 is 16.4. The Labute approximate surface area is 218 Å². The Bertz CT molecular complexity index is 669. The third-order valence-electron chi connectivity index (χ3n) is 6.21. The molecule has 2 N–H and O–H groups in total. The van der Waals surface area contributed by atoms with E-state index in [1.807, 2.05) is 12.1 Å². The number of ether oxygens (including phenoxy) is 3. The first-order valence-corrected chi connectivity index (χ1v) is 12.0. The maximum absolute atomic E-state index is 5.94. The van der Waals surface area contributed by atoms with Gasteiger partial charge in [0, 0.05) is 47.0 Å². The maximum atomic E-state index is 5.94. The smallest absolute Gasteiger partial charge is 0.191 e. The van der Waals surface area contributed by atoms with Crippen molar-refractivity contribution in [2.75, 3.05) is 67.3 Å². The van der Waals surface area contributed by atoms with Crippen LogP contribution < -0.4 is 15.4 Å². The van der Waals surface area contributed by atoms with Gasteiger partial charge in [0.25, 0.3) is 0 Å². The topological polar surface area (TPSA) is 67.4 Å². The van der Waals surface area contributed by atoms with Gasteiger partial charge in [0.1, 0.15) is 12.4 Å². The number of hydrogen-bond acceptors (Lipinski definition) is 5. The van der Waals surface area contributed by atoms with Crippen LogP contribution in [0, 0.1) is 5.41 Å². The van der Waals surface area contributed by atoms with Crippen molar-refractivity contribution in [3.63, 3.8) is 0 Å². The monoisotopic (exact) mass is 576 g/mol. The number of hydrogen-bond donors (Lipinski definition) is 2. The van der Waals surface area contributed by atoms with E-state index in [1.54, 1.807) is 14.2 Å². The van der Waals surface area contributed by atoms with Crippen molar-refractivity contribution in [1.82, 2.24) is 15.5 Å². The lowest BCUT2D eigenvalue weighted by molar-refractivity contribution is 0.138. The largest absolute Gasteiger partial charge is 0.492 e. The fourth-order valence-corrected chi connectivity index (χ4v) is 4.15. The van der Waals surface area contributed by atoms with Gasteiger partial charge in [0.05, 0.1) is 13.2 Å². The standard InChI is InChI=1S/C25H44N4O3.HI/c1-5-26-24(28-21-25(13-16-30-3)11-6-7-12-25)27-20-22-9-8-10-23(19-22)32-18-15-29(2)14-17-31-4;/h8-10,19H,5-7,11-18,20-21H2,1-4H3,(H2,26,27,28);1H. The SMILES string of the molecule is CCNC(=NCc1cccc(OCCN(C)CCOC)c1)NCC1(CCOC)CCCC1.I. The highest BCUT2D eigenvalue weighted by Gasteiger charge is 2.33. The van der Waals surface area contributed by atoms with Gasteiger partial charge in [-0.3, -0.25) is 0 Å². The summed E-state index contributed by atoms with van der Waals surface area (Å²) in [7, 11) is 5.59. The van der Waals surface area contributed by atoms with Crippen LogP contribution in [0.15, 0.2) is 29.3 Å². The van der Waals surface area contributed by atoms with Gasteiger partial charge in [0.15, 0.2) is 5.96 Å². The van der Waals surface area contributed by atoms with Gasteiger partial charge >= 0.3 is 0 Å². The minimum Gasteiger partial charge on any atom is -0.492 e. The molecule has 1 fully saturated rings. The van der Waals surface area contributed by atoms with Crippen LogP contribution in [-0.2, 0) is 16.0 Å². The van der Waals surface area contributed by atoms with E-state index in [-0.39, 0.29) is 24.0 Å². The van der Waals surface area contributed by atoms with Crippen LogP contribution in [0.2, 0.25) is 0 Å². The predicted octanol–water partition coefficient (Wildman–Crippen LogP) is 3.91.